The molecule has 2 rings (SSSR count). The number of aryl methyl sites for hydroxylation is 1. The molecule has 0 amide bonds. The van der Waals surface area contributed by atoms with Crippen molar-refractivity contribution in [3.05, 3.63) is 52.4 Å². The van der Waals surface area contributed by atoms with Crippen LogP contribution in [0, 0.1) is 0 Å². The van der Waals surface area contributed by atoms with E-state index in [4.69, 9.17) is 0 Å². The Morgan fingerprint density at radius 3 is 2.45 bits per heavy atom. The van der Waals surface area contributed by atoms with Gasteiger partial charge < -0.3 is 15.2 Å². The summed E-state index contributed by atoms with van der Waals surface area (Å²) >= 11 is 0. The Balaban J connectivity index is 1.53. The van der Waals surface area contributed by atoms with Crippen molar-refractivity contribution in [3.63, 3.8) is 0 Å². The lowest BCUT2D eigenvalue weighted by Gasteiger charge is -2.07. The Bertz CT molecular complexity index is 660. The molecule has 0 atom stereocenters. The first kappa shape index (κ1) is 16.5. The summed E-state index contributed by atoms with van der Waals surface area (Å²) < 4.78 is 1.99. The predicted molar refractivity (Wildman–Crippen MR) is 92.8 cm³/mol. The minimum atomic E-state index is 0.750. The maximum Gasteiger partial charge on any atom is 0.123 e. The SMILES string of the molecule is C=c1nc(CNCCNCCCc2ccccc2)n(C)c1=C. The van der Waals surface area contributed by atoms with Gasteiger partial charge in [0.05, 0.1) is 17.2 Å². The summed E-state index contributed by atoms with van der Waals surface area (Å²) in [7, 11) is 1.98. The quantitative estimate of drug-likeness (QED) is 0.665. The van der Waals surface area contributed by atoms with Crippen LogP contribution in [-0.2, 0) is 20.0 Å². The molecule has 0 spiro atoms. The topological polar surface area (TPSA) is 41.9 Å². The van der Waals surface area contributed by atoms with E-state index in [-0.39, 0.29) is 0 Å². The summed E-state index contributed by atoms with van der Waals surface area (Å²) in [6, 6.07) is 10.6. The van der Waals surface area contributed by atoms with Crippen molar-refractivity contribution in [1.82, 2.24) is 20.2 Å². The average molecular weight is 298 g/mol. The molecule has 0 saturated heterocycles. The molecule has 22 heavy (non-hydrogen) atoms. The molecule has 1 heterocycles. The van der Waals surface area contributed by atoms with Crippen molar-refractivity contribution in [2.24, 2.45) is 7.05 Å². The van der Waals surface area contributed by atoms with Crippen LogP contribution in [0.25, 0.3) is 13.2 Å². The van der Waals surface area contributed by atoms with Gasteiger partial charge in [0.2, 0.25) is 0 Å². The van der Waals surface area contributed by atoms with Crippen molar-refractivity contribution in [1.29, 1.82) is 0 Å². The van der Waals surface area contributed by atoms with Gasteiger partial charge in [-0.3, -0.25) is 0 Å². The molecular weight excluding hydrogens is 272 g/mol. The van der Waals surface area contributed by atoms with Gasteiger partial charge in [-0.1, -0.05) is 43.5 Å². The summed E-state index contributed by atoms with van der Waals surface area (Å²) in [5.74, 6) is 0.985. The number of nitrogens with one attached hydrogen (secondary N) is 2. The monoisotopic (exact) mass is 298 g/mol. The summed E-state index contributed by atoms with van der Waals surface area (Å²) in [5.41, 5.74) is 1.41. The second-order valence-corrected chi connectivity index (χ2v) is 5.50. The molecule has 0 saturated carbocycles. The van der Waals surface area contributed by atoms with Gasteiger partial charge in [-0.15, -0.1) is 0 Å². The van der Waals surface area contributed by atoms with E-state index in [9.17, 15) is 0 Å². The molecule has 4 nitrogen and oxygen atoms in total. The lowest BCUT2D eigenvalue weighted by Crippen LogP contribution is -2.29. The molecule has 118 valence electrons. The van der Waals surface area contributed by atoms with Crippen molar-refractivity contribution >= 4 is 13.2 Å². The fraction of sp³-hybridized carbons (Fsp3) is 0.389. The van der Waals surface area contributed by atoms with Crippen LogP contribution in [0.2, 0.25) is 0 Å². The summed E-state index contributed by atoms with van der Waals surface area (Å²) in [6.07, 6.45) is 2.30. The Kier molecular flexibility index (Phi) is 6.37. The summed E-state index contributed by atoms with van der Waals surface area (Å²) in [6.45, 7) is 11.5. The second-order valence-electron chi connectivity index (χ2n) is 5.50. The van der Waals surface area contributed by atoms with Crippen LogP contribution in [-0.4, -0.2) is 29.2 Å². The highest BCUT2D eigenvalue weighted by Crippen LogP contribution is 2.01. The predicted octanol–water partition coefficient (Wildman–Crippen LogP) is 0.553. The molecular formula is C18H26N4. The lowest BCUT2D eigenvalue weighted by atomic mass is 10.1. The van der Waals surface area contributed by atoms with Crippen molar-refractivity contribution in [2.75, 3.05) is 19.6 Å². The molecule has 1 aromatic carbocycles. The van der Waals surface area contributed by atoms with E-state index >= 15 is 0 Å². The van der Waals surface area contributed by atoms with Crippen molar-refractivity contribution in [3.8, 4) is 0 Å². The minimum absolute atomic E-state index is 0.750. The van der Waals surface area contributed by atoms with E-state index in [1.165, 1.54) is 12.0 Å². The van der Waals surface area contributed by atoms with Crippen LogP contribution in [0.15, 0.2) is 30.3 Å². The largest absolute Gasteiger partial charge is 0.331 e. The molecule has 0 unspecified atom stereocenters. The number of rotatable bonds is 9. The molecule has 1 aromatic heterocycles. The van der Waals surface area contributed by atoms with Gasteiger partial charge in [-0.2, -0.15) is 0 Å². The molecule has 0 bridgehead atoms. The smallest absolute Gasteiger partial charge is 0.123 e. The van der Waals surface area contributed by atoms with Crippen LogP contribution < -0.4 is 21.3 Å². The van der Waals surface area contributed by atoms with E-state index in [2.05, 4.69) is 59.1 Å². The number of imidazole rings is 1. The number of hydrogen-bond donors (Lipinski definition) is 2. The normalized spacial score (nSPS) is 11.0. The highest BCUT2D eigenvalue weighted by atomic mass is 15.1. The highest BCUT2D eigenvalue weighted by Gasteiger charge is 2.01. The van der Waals surface area contributed by atoms with E-state index in [0.29, 0.717) is 0 Å². The first-order valence-electron chi connectivity index (χ1n) is 7.83. The second kappa shape index (κ2) is 8.51. The maximum absolute atomic E-state index is 4.40. The zero-order chi connectivity index (χ0) is 15.8. The van der Waals surface area contributed by atoms with Crippen LogP contribution in [0.1, 0.15) is 17.8 Å². The van der Waals surface area contributed by atoms with Gasteiger partial charge in [0.15, 0.2) is 0 Å². The number of benzene rings is 1. The van der Waals surface area contributed by atoms with Crippen LogP contribution >= 0.6 is 0 Å². The molecule has 2 N–H and O–H groups in total. The standard InChI is InChI=1S/C18H26N4/c1-15-16(2)22(3)18(21-15)14-20-13-12-19-11-7-10-17-8-5-4-6-9-17/h4-6,8-9,19-20H,1-2,7,10-14H2,3H3. The average Bonchev–Trinajstić information content (AvgIpc) is 2.78. The molecule has 0 aliphatic carbocycles. The Hall–Kier alpha value is -1.91. The molecule has 4 heteroatoms. The third-order valence-electron chi connectivity index (χ3n) is 3.81. The van der Waals surface area contributed by atoms with E-state index < -0.39 is 0 Å². The molecule has 2 aromatic rings. The Morgan fingerprint density at radius 1 is 1.05 bits per heavy atom. The maximum atomic E-state index is 4.40. The molecule has 0 radical (unpaired) electrons. The van der Waals surface area contributed by atoms with Gasteiger partial charge in [-0.05, 0) is 24.9 Å². The molecule has 0 aliphatic rings. The number of hydrogen-bond acceptors (Lipinski definition) is 3. The zero-order valence-electron chi connectivity index (χ0n) is 13.4. The fourth-order valence-electron chi connectivity index (χ4n) is 2.37. The van der Waals surface area contributed by atoms with Gasteiger partial charge in [-0.25, -0.2) is 4.98 Å². The van der Waals surface area contributed by atoms with Crippen LogP contribution in [0.4, 0.5) is 0 Å². The van der Waals surface area contributed by atoms with Gasteiger partial charge in [0.1, 0.15) is 5.82 Å². The fourth-order valence-corrected chi connectivity index (χ4v) is 2.37. The third-order valence-corrected chi connectivity index (χ3v) is 3.81. The zero-order valence-corrected chi connectivity index (χ0v) is 13.4. The van der Waals surface area contributed by atoms with Gasteiger partial charge in [0.25, 0.3) is 0 Å². The van der Waals surface area contributed by atoms with Crippen molar-refractivity contribution in [2.45, 2.75) is 19.4 Å². The van der Waals surface area contributed by atoms with E-state index in [1.54, 1.807) is 0 Å². The van der Waals surface area contributed by atoms with Crippen molar-refractivity contribution < 1.29 is 0 Å². The summed E-state index contributed by atoms with van der Waals surface area (Å²) in [5, 5.41) is 8.50. The van der Waals surface area contributed by atoms with E-state index in [0.717, 1.165) is 49.1 Å². The Morgan fingerprint density at radius 2 is 1.77 bits per heavy atom. The van der Waals surface area contributed by atoms with Gasteiger partial charge >= 0.3 is 0 Å². The number of aromatic nitrogens is 2. The molecule has 0 fully saturated rings. The highest BCUT2D eigenvalue weighted by molar-refractivity contribution is 5.14. The number of nitrogens with zero attached hydrogens (tertiary/aromatic N) is 2. The van der Waals surface area contributed by atoms with Gasteiger partial charge in [0, 0.05) is 20.1 Å². The third kappa shape index (κ3) is 4.83. The van der Waals surface area contributed by atoms with Crippen LogP contribution in [0.3, 0.4) is 0 Å². The molecule has 0 aliphatic heterocycles. The first-order chi connectivity index (χ1) is 10.7. The first-order valence-corrected chi connectivity index (χ1v) is 7.83. The minimum Gasteiger partial charge on any atom is -0.331 e. The van der Waals surface area contributed by atoms with Crippen LogP contribution in [0.5, 0.6) is 0 Å². The summed E-state index contributed by atoms with van der Waals surface area (Å²) in [4.78, 5) is 4.40. The lowest BCUT2D eigenvalue weighted by molar-refractivity contribution is 0.579. The van der Waals surface area contributed by atoms with E-state index in [1.807, 2.05) is 11.6 Å². The Labute approximate surface area is 132 Å².